The van der Waals surface area contributed by atoms with Crippen molar-refractivity contribution in [2.75, 3.05) is 39.5 Å². The Balaban J connectivity index is 1.14. The first-order valence-electron chi connectivity index (χ1n) is 36.1. The number of epoxide rings is 2. The minimum absolute atomic E-state index is 0.0648. The van der Waals surface area contributed by atoms with Gasteiger partial charge in [-0.05, 0) is 117 Å². The number of amides is 6. The van der Waals surface area contributed by atoms with Gasteiger partial charge in [0.15, 0.2) is 0 Å². The van der Waals surface area contributed by atoms with E-state index in [0.717, 1.165) is 22.3 Å². The fourth-order valence-electron chi connectivity index (χ4n) is 13.7. The van der Waals surface area contributed by atoms with Crippen LogP contribution in [0.25, 0.3) is 43.1 Å². The Morgan fingerprint density at radius 3 is 0.836 bits per heavy atom. The van der Waals surface area contributed by atoms with Crippen LogP contribution in [0.2, 0.25) is 0 Å². The summed E-state index contributed by atoms with van der Waals surface area (Å²) in [5.41, 5.74) is -0.258. The maximum absolute atomic E-state index is 16.1. The van der Waals surface area contributed by atoms with Gasteiger partial charge in [0.2, 0.25) is 11.8 Å². The highest BCUT2D eigenvalue weighted by Crippen LogP contribution is 2.59. The van der Waals surface area contributed by atoms with Gasteiger partial charge in [-0.2, -0.15) is 26.3 Å². The molecule has 9 aromatic rings. The molecule has 0 spiro atoms. The van der Waals surface area contributed by atoms with E-state index >= 15 is 45.5 Å². The normalized spacial score (nSPS) is 16.5. The summed E-state index contributed by atoms with van der Waals surface area (Å²) in [7, 11) is 0. The Labute approximate surface area is 629 Å². The first-order chi connectivity index (χ1) is 51.6. The Hall–Kier alpha value is -10.9. The van der Waals surface area contributed by atoms with Gasteiger partial charge in [0.05, 0.1) is 61.2 Å². The molecular formula is C84H82F6N4O16. The molecule has 110 heavy (non-hydrogen) atoms. The molecule has 0 aliphatic carbocycles. The summed E-state index contributed by atoms with van der Waals surface area (Å²) in [4.78, 5) is 120. The smallest absolute Gasteiger partial charge is 0.391 e. The van der Waals surface area contributed by atoms with E-state index in [2.05, 4.69) is 10.6 Å². The van der Waals surface area contributed by atoms with Crippen LogP contribution in [0.5, 0.6) is 46.0 Å². The molecule has 0 saturated carbocycles. The van der Waals surface area contributed by atoms with Gasteiger partial charge in [-0.25, -0.2) is 0 Å². The van der Waals surface area contributed by atoms with Crippen LogP contribution in [-0.2, 0) is 59.8 Å². The van der Waals surface area contributed by atoms with E-state index in [1.807, 2.05) is 83.1 Å². The number of nitrogens with zero attached hydrogens (tertiary/aromatic N) is 2. The van der Waals surface area contributed by atoms with E-state index in [1.165, 1.54) is 24.3 Å². The lowest BCUT2D eigenvalue weighted by molar-refractivity contribution is -0.154. The summed E-state index contributed by atoms with van der Waals surface area (Å²) < 4.78 is 141. The van der Waals surface area contributed by atoms with Crippen LogP contribution in [0.15, 0.2) is 121 Å². The zero-order valence-corrected chi connectivity index (χ0v) is 62.6. The van der Waals surface area contributed by atoms with Crippen LogP contribution in [-0.4, -0.2) is 133 Å². The molecule has 4 aliphatic rings. The summed E-state index contributed by atoms with van der Waals surface area (Å²) in [6, 6.07) is 26.7. The van der Waals surface area contributed by atoms with E-state index in [-0.39, 0.29) is 124 Å². The van der Waals surface area contributed by atoms with E-state index in [4.69, 9.17) is 37.9 Å². The number of hydrogen-bond acceptors (Lipinski definition) is 16. The lowest BCUT2D eigenvalue weighted by Gasteiger charge is -2.36. The van der Waals surface area contributed by atoms with E-state index in [9.17, 15) is 19.2 Å². The van der Waals surface area contributed by atoms with Gasteiger partial charge >= 0.3 is 24.3 Å². The molecule has 0 aromatic heterocycles. The van der Waals surface area contributed by atoms with Crippen molar-refractivity contribution in [2.24, 2.45) is 0 Å². The molecule has 576 valence electrons. The number of ether oxygens (including phenoxy) is 8. The SMILES string of the molecule is CC(C)(C)c1ccc(Oc2cc3c4c(cc(Oc5ccc(C(C)(C)C)cc5)c5c6c(Oc7ccc(C(C)(C)C)cc7)cc7c8c(cc(Oc9ccc(C(C)(C)C)cc9)c(c2c45)c86)C(=O)N(C(CC(F)(F)F)C(=O)NCCC(=O)OCC2CO2)C7=O)C(=O)N(C(CC(F)(F)F)C(=O)NCCC(=O)OCC2CO2)C3=O)cc1. The van der Waals surface area contributed by atoms with Gasteiger partial charge in [-0.3, -0.25) is 48.2 Å². The number of esters is 2. The molecule has 13 rings (SSSR count). The number of carbonyl (C=O) groups excluding carboxylic acids is 8. The molecule has 9 aromatic carbocycles. The fraction of sp³-hybridized carbons (Fsp3) is 0.381. The number of alkyl halides is 6. The van der Waals surface area contributed by atoms with Crippen molar-refractivity contribution < 1.29 is 103 Å². The number of carbonyl (C=O) groups is 8. The highest BCUT2D eigenvalue weighted by Gasteiger charge is 2.50. The molecular weight excluding hydrogens is 1430 g/mol. The molecule has 4 heterocycles. The second kappa shape index (κ2) is 28.9. The second-order valence-electron chi connectivity index (χ2n) is 32.2. The Morgan fingerprint density at radius 1 is 0.391 bits per heavy atom. The Kier molecular flexibility index (Phi) is 20.3. The topological polar surface area (TPSA) is 248 Å². The number of halogens is 6. The minimum Gasteiger partial charge on any atom is -0.463 e. The molecule has 2 N–H and O–H groups in total. The molecule has 0 radical (unpaired) electrons. The summed E-state index contributed by atoms with van der Waals surface area (Å²) in [6.45, 7) is 23.1. The largest absolute Gasteiger partial charge is 0.463 e. The monoisotopic (exact) mass is 1520 g/mol. The summed E-state index contributed by atoms with van der Waals surface area (Å²) in [5, 5.41) is 3.72. The third kappa shape index (κ3) is 16.2. The van der Waals surface area contributed by atoms with Crippen molar-refractivity contribution in [1.82, 2.24) is 20.4 Å². The van der Waals surface area contributed by atoms with Crippen LogP contribution in [0.3, 0.4) is 0 Å². The van der Waals surface area contributed by atoms with Gasteiger partial charge in [0.25, 0.3) is 23.6 Å². The predicted octanol–water partition coefficient (Wildman–Crippen LogP) is 16.8. The molecule has 4 unspecified atom stereocenters. The van der Waals surface area contributed by atoms with Crippen LogP contribution in [0.4, 0.5) is 26.3 Å². The van der Waals surface area contributed by atoms with Crippen molar-refractivity contribution in [3.8, 4) is 46.0 Å². The first-order valence-corrected chi connectivity index (χ1v) is 36.1. The maximum atomic E-state index is 16.1. The van der Waals surface area contributed by atoms with Gasteiger partial charge in [0, 0.05) is 56.2 Å². The number of benzene rings is 9. The standard InChI is InChI=1S/C84H82F6N4O16/c1-79(2,3)43-13-21-47(22-14-43)107-59-33-53-65-54(76(100)93(75(53)99)57(37-83(85,86)87)73(97)91-31-29-63(95)105-41-51-39-103-51)35-61(109-49-25-17-45(18-26-49)81(7,8)9)69-70-62(110-50-27-19-46(20-28-50)82(10,11)12)36-56-66-55(34-60(68(72(66)70)67(59)71(65)69)108-48-23-15-44(16-24-48)80(4,5)6)77(101)94(78(56)102)58(38-84(88,89)90)74(98)92-32-30-64(96)106-42-52-40-104-52/h13-28,33-36,51-52,57-58H,29-32,37-42H2,1-12H3,(H,91,97)(H,92,98). The first kappa shape index (κ1) is 77.3. The number of hydrogen-bond donors (Lipinski definition) is 2. The average molecular weight is 1520 g/mol. The van der Waals surface area contributed by atoms with Crippen molar-refractivity contribution in [3.05, 3.63) is 166 Å². The number of fused-ring (bicyclic) bond motifs is 2. The molecule has 26 heteroatoms. The quantitative estimate of drug-likeness (QED) is 0.0143. The fourth-order valence-corrected chi connectivity index (χ4v) is 13.7. The van der Waals surface area contributed by atoms with E-state index in [1.54, 1.807) is 97.1 Å². The molecule has 4 aliphatic heterocycles. The Morgan fingerprint density at radius 2 is 0.627 bits per heavy atom. The van der Waals surface area contributed by atoms with Gasteiger partial charge in [-0.1, -0.05) is 132 Å². The van der Waals surface area contributed by atoms with Gasteiger partial charge < -0.3 is 48.5 Å². The van der Waals surface area contributed by atoms with Crippen molar-refractivity contribution in [2.45, 2.75) is 167 Å². The zero-order valence-electron chi connectivity index (χ0n) is 62.6. The van der Waals surface area contributed by atoms with E-state index < -0.39 is 155 Å². The zero-order chi connectivity index (χ0) is 79.2. The third-order valence-corrected chi connectivity index (χ3v) is 19.8. The molecule has 0 bridgehead atoms. The van der Waals surface area contributed by atoms with Crippen LogP contribution in [0.1, 0.15) is 172 Å². The van der Waals surface area contributed by atoms with Gasteiger partial charge in [0.1, 0.15) is 83.5 Å². The highest BCUT2D eigenvalue weighted by molar-refractivity contribution is 6.45. The molecule has 2 saturated heterocycles. The van der Waals surface area contributed by atoms with Crippen LogP contribution in [0, 0.1) is 0 Å². The van der Waals surface area contributed by atoms with Crippen LogP contribution < -0.4 is 29.6 Å². The number of nitrogens with one attached hydrogen (secondary N) is 2. The van der Waals surface area contributed by atoms with Crippen molar-refractivity contribution in [1.29, 1.82) is 0 Å². The Bertz CT molecular complexity index is 4610. The summed E-state index contributed by atoms with van der Waals surface area (Å²) in [5.74, 6) is -11.0. The van der Waals surface area contributed by atoms with Crippen molar-refractivity contribution >= 4 is 90.5 Å². The maximum Gasteiger partial charge on any atom is 0.391 e. The minimum atomic E-state index is -5.24. The molecule has 20 nitrogen and oxygen atoms in total. The predicted molar refractivity (Wildman–Crippen MR) is 395 cm³/mol. The molecule has 4 atom stereocenters. The molecule has 6 amide bonds. The van der Waals surface area contributed by atoms with E-state index in [0.29, 0.717) is 13.2 Å². The highest BCUT2D eigenvalue weighted by atomic mass is 19.4. The summed E-state index contributed by atoms with van der Waals surface area (Å²) >= 11 is 0. The summed E-state index contributed by atoms with van der Waals surface area (Å²) in [6.07, 6.45) is -16.3. The lowest BCUT2D eigenvalue weighted by atomic mass is 9.80. The molecule has 2 fully saturated rings. The van der Waals surface area contributed by atoms with Crippen molar-refractivity contribution in [3.63, 3.8) is 0 Å². The second-order valence-corrected chi connectivity index (χ2v) is 32.2. The van der Waals surface area contributed by atoms with Gasteiger partial charge in [-0.15, -0.1) is 0 Å². The number of rotatable bonds is 24. The third-order valence-electron chi connectivity index (χ3n) is 19.8. The van der Waals surface area contributed by atoms with Crippen LogP contribution >= 0.6 is 0 Å². The average Bonchev–Trinajstić information content (AvgIpc) is 0.888. The number of imide groups is 2. The lowest BCUT2D eigenvalue weighted by Crippen LogP contribution is -2.55.